The van der Waals surface area contributed by atoms with Gasteiger partial charge in [0.1, 0.15) is 5.75 Å². The van der Waals surface area contributed by atoms with Crippen molar-refractivity contribution < 1.29 is 9.53 Å². The van der Waals surface area contributed by atoms with Crippen molar-refractivity contribution in [2.75, 3.05) is 7.11 Å². The van der Waals surface area contributed by atoms with E-state index < -0.39 is 8.32 Å². The van der Waals surface area contributed by atoms with Crippen LogP contribution in [0, 0.1) is 11.8 Å². The van der Waals surface area contributed by atoms with Gasteiger partial charge in [-0.2, -0.15) is 0 Å². The van der Waals surface area contributed by atoms with Gasteiger partial charge in [0.25, 0.3) is 0 Å². The van der Waals surface area contributed by atoms with E-state index in [0.29, 0.717) is 0 Å². The molecule has 0 spiro atoms. The average molecular weight is 282 g/mol. The van der Waals surface area contributed by atoms with E-state index >= 15 is 0 Å². The maximum Gasteiger partial charge on any atom is 0.215 e. The lowest BCUT2D eigenvalue weighted by molar-refractivity contribution is 0.415. The molecule has 0 saturated heterocycles. The molecular formula is C17H18O2Si. The molecule has 0 bridgehead atoms. The Morgan fingerprint density at radius 1 is 1.00 bits per heavy atom. The minimum absolute atomic E-state index is 0.754. The zero-order valence-corrected chi connectivity index (χ0v) is 13.0. The normalized spacial score (nSPS) is 10.6. The van der Waals surface area contributed by atoms with Gasteiger partial charge in [-0.3, -0.25) is 0 Å². The van der Waals surface area contributed by atoms with E-state index in [1.54, 1.807) is 7.11 Å². The zero-order valence-electron chi connectivity index (χ0n) is 12.0. The fourth-order valence-electron chi connectivity index (χ4n) is 1.95. The summed E-state index contributed by atoms with van der Waals surface area (Å²) < 4.78 is 5.24. The van der Waals surface area contributed by atoms with E-state index in [0.717, 1.165) is 22.1 Å². The van der Waals surface area contributed by atoms with Crippen LogP contribution in [-0.2, 0) is 0 Å². The van der Waals surface area contributed by atoms with E-state index in [-0.39, 0.29) is 0 Å². The van der Waals surface area contributed by atoms with Gasteiger partial charge in [-0.25, -0.2) is 0 Å². The lowest BCUT2D eigenvalue weighted by Crippen LogP contribution is -2.43. The Bertz CT molecular complexity index is 646. The molecule has 3 heteroatoms. The molecule has 2 nitrogen and oxygen atoms in total. The number of rotatable bonds is 2. The lowest BCUT2D eigenvalue weighted by atomic mass is 10.2. The molecule has 0 amide bonds. The van der Waals surface area contributed by atoms with Crippen LogP contribution in [0.25, 0.3) is 0 Å². The highest BCUT2D eigenvalue weighted by molar-refractivity contribution is 6.83. The number of hydrogen-bond donors (Lipinski definition) is 1. The summed E-state index contributed by atoms with van der Waals surface area (Å²) in [4.78, 5) is 10.4. The molecule has 0 heterocycles. The van der Waals surface area contributed by atoms with Gasteiger partial charge in [0.05, 0.1) is 7.11 Å². The summed E-state index contributed by atoms with van der Waals surface area (Å²) in [6, 6.07) is 15.5. The second kappa shape index (κ2) is 5.95. The number of hydrogen-bond acceptors (Lipinski definition) is 2. The third-order valence-electron chi connectivity index (χ3n) is 3.00. The second-order valence-electron chi connectivity index (χ2n) is 5.09. The molecule has 20 heavy (non-hydrogen) atoms. The maximum absolute atomic E-state index is 10.4. The monoisotopic (exact) mass is 282 g/mol. The van der Waals surface area contributed by atoms with Crippen LogP contribution in [-0.4, -0.2) is 20.2 Å². The van der Waals surface area contributed by atoms with Gasteiger partial charge in [-0.1, -0.05) is 36.1 Å². The van der Waals surface area contributed by atoms with E-state index in [4.69, 9.17) is 4.74 Å². The summed E-state index contributed by atoms with van der Waals surface area (Å²) >= 11 is 0. The molecular weight excluding hydrogens is 264 g/mol. The zero-order chi connectivity index (χ0) is 14.6. The van der Waals surface area contributed by atoms with Gasteiger partial charge in [-0.15, -0.1) is 0 Å². The fraction of sp³-hybridized carbons (Fsp3) is 0.176. The average Bonchev–Trinajstić information content (AvgIpc) is 2.45. The first kappa shape index (κ1) is 14.4. The molecule has 2 aromatic carbocycles. The van der Waals surface area contributed by atoms with Crippen LogP contribution in [0.5, 0.6) is 5.75 Å². The van der Waals surface area contributed by atoms with Gasteiger partial charge >= 0.3 is 0 Å². The number of benzene rings is 2. The van der Waals surface area contributed by atoms with Crippen LogP contribution in [0.15, 0.2) is 48.5 Å². The van der Waals surface area contributed by atoms with Crippen molar-refractivity contribution in [1.29, 1.82) is 0 Å². The first-order valence-electron chi connectivity index (χ1n) is 6.48. The van der Waals surface area contributed by atoms with Crippen molar-refractivity contribution >= 4 is 13.5 Å². The molecule has 0 fully saturated rings. The van der Waals surface area contributed by atoms with Crippen molar-refractivity contribution in [2.45, 2.75) is 13.1 Å². The molecule has 0 saturated carbocycles. The van der Waals surface area contributed by atoms with Crippen LogP contribution < -0.4 is 9.92 Å². The molecule has 0 unspecified atom stereocenters. The third kappa shape index (κ3) is 3.50. The summed E-state index contributed by atoms with van der Waals surface area (Å²) in [7, 11) is -0.780. The molecule has 1 N–H and O–H groups in total. The van der Waals surface area contributed by atoms with Crippen LogP contribution in [0.2, 0.25) is 13.1 Å². The molecule has 2 aromatic rings. The maximum atomic E-state index is 10.4. The van der Waals surface area contributed by atoms with Crippen molar-refractivity contribution in [3.05, 3.63) is 59.7 Å². The highest BCUT2D eigenvalue weighted by atomic mass is 28.4. The summed E-state index contributed by atoms with van der Waals surface area (Å²) in [5, 5.41) is 0.932. The van der Waals surface area contributed by atoms with E-state index in [2.05, 4.69) is 11.8 Å². The molecule has 0 aliphatic carbocycles. The first-order valence-corrected chi connectivity index (χ1v) is 9.43. The Balaban J connectivity index is 2.47. The Labute approximate surface area is 121 Å². The highest BCUT2D eigenvalue weighted by Crippen LogP contribution is 2.13. The Morgan fingerprint density at radius 3 is 2.30 bits per heavy atom. The lowest BCUT2D eigenvalue weighted by Gasteiger charge is -2.17. The van der Waals surface area contributed by atoms with Gasteiger partial charge in [0, 0.05) is 11.1 Å². The van der Waals surface area contributed by atoms with Crippen LogP contribution in [0.3, 0.4) is 0 Å². The smallest absolute Gasteiger partial charge is 0.215 e. The quantitative estimate of drug-likeness (QED) is 0.677. The first-order chi connectivity index (χ1) is 9.50. The van der Waals surface area contributed by atoms with Gasteiger partial charge < -0.3 is 9.53 Å². The molecule has 0 aromatic heterocycles. The predicted molar refractivity (Wildman–Crippen MR) is 84.8 cm³/mol. The van der Waals surface area contributed by atoms with Gasteiger partial charge in [-0.05, 0) is 42.5 Å². The fourth-order valence-corrected chi connectivity index (χ4v) is 3.23. The minimum Gasteiger partial charge on any atom is -0.497 e. The Kier molecular flexibility index (Phi) is 4.28. The molecule has 0 aliphatic rings. The van der Waals surface area contributed by atoms with E-state index in [9.17, 15) is 4.80 Å². The van der Waals surface area contributed by atoms with Gasteiger partial charge in [0.15, 0.2) is 0 Å². The Hall–Kier alpha value is -2.02. The van der Waals surface area contributed by atoms with Crippen LogP contribution in [0.4, 0.5) is 0 Å². The summed E-state index contributed by atoms with van der Waals surface area (Å²) in [6.07, 6.45) is 0. The minimum atomic E-state index is -2.41. The number of ether oxygens (including phenoxy) is 1. The van der Waals surface area contributed by atoms with Crippen molar-refractivity contribution in [1.82, 2.24) is 0 Å². The van der Waals surface area contributed by atoms with E-state index in [1.807, 2.05) is 61.6 Å². The third-order valence-corrected chi connectivity index (χ3v) is 4.76. The largest absolute Gasteiger partial charge is 0.497 e. The van der Waals surface area contributed by atoms with Crippen LogP contribution >= 0.6 is 0 Å². The molecule has 0 atom stereocenters. The molecule has 0 aliphatic heterocycles. The second-order valence-corrected chi connectivity index (χ2v) is 8.74. The van der Waals surface area contributed by atoms with Crippen molar-refractivity contribution in [3.8, 4) is 17.6 Å². The Morgan fingerprint density at radius 2 is 1.70 bits per heavy atom. The topological polar surface area (TPSA) is 29.5 Å². The molecule has 0 radical (unpaired) electrons. The molecule has 102 valence electrons. The van der Waals surface area contributed by atoms with Crippen molar-refractivity contribution in [3.63, 3.8) is 0 Å². The van der Waals surface area contributed by atoms with E-state index in [1.165, 1.54) is 0 Å². The SMILES string of the molecule is COc1ccc([Si](C)(C)O)c(C#Cc2ccccc2)c1. The summed E-state index contributed by atoms with van der Waals surface area (Å²) in [6.45, 7) is 3.78. The molecule has 2 rings (SSSR count). The predicted octanol–water partition coefficient (Wildman–Crippen LogP) is 2.50. The highest BCUT2D eigenvalue weighted by Gasteiger charge is 2.23. The standard InChI is InChI=1S/C17H18O2Si/c1-19-16-11-12-17(20(2,3)18)15(13-16)10-9-14-7-5-4-6-8-14/h4-8,11-13,18H,1-3H3. The van der Waals surface area contributed by atoms with Crippen molar-refractivity contribution in [2.24, 2.45) is 0 Å². The summed E-state index contributed by atoms with van der Waals surface area (Å²) in [5.41, 5.74) is 1.80. The van der Waals surface area contributed by atoms with Gasteiger partial charge in [0.2, 0.25) is 8.32 Å². The summed E-state index contributed by atoms with van der Waals surface area (Å²) in [5.74, 6) is 7.04. The van der Waals surface area contributed by atoms with Crippen LogP contribution in [0.1, 0.15) is 11.1 Å². The number of methoxy groups -OCH3 is 1.